The standard InChI is InChI=1S/C9H16N2O4/c1-2-7(9(10)14)11-4-6(15-5-12)3-8(11)13/h5-7,9,14H,2-4,10H2,1H3/t6-,7+,9+/m1/s1. The average Bonchev–Trinajstić information content (AvgIpc) is 2.49. The van der Waals surface area contributed by atoms with E-state index in [1.54, 1.807) is 0 Å². The maximum Gasteiger partial charge on any atom is 0.293 e. The molecule has 0 aromatic carbocycles. The molecule has 1 aliphatic rings. The molecule has 1 saturated heterocycles. The zero-order valence-electron chi connectivity index (χ0n) is 8.63. The Morgan fingerprint density at radius 1 is 1.80 bits per heavy atom. The molecule has 86 valence electrons. The number of amides is 1. The highest BCUT2D eigenvalue weighted by Crippen LogP contribution is 2.19. The third-order valence-electron chi connectivity index (χ3n) is 2.58. The monoisotopic (exact) mass is 216 g/mol. The maximum absolute atomic E-state index is 11.5. The molecular weight excluding hydrogens is 200 g/mol. The fourth-order valence-electron chi connectivity index (χ4n) is 1.83. The molecule has 1 rings (SSSR count). The minimum absolute atomic E-state index is 0.141. The van der Waals surface area contributed by atoms with E-state index in [9.17, 15) is 14.7 Å². The van der Waals surface area contributed by atoms with Gasteiger partial charge in [0.1, 0.15) is 12.3 Å². The molecule has 1 aliphatic heterocycles. The molecule has 3 atom stereocenters. The predicted molar refractivity (Wildman–Crippen MR) is 51.5 cm³/mol. The highest BCUT2D eigenvalue weighted by Gasteiger charge is 2.36. The van der Waals surface area contributed by atoms with Crippen LogP contribution in [-0.2, 0) is 14.3 Å². The third kappa shape index (κ3) is 2.66. The van der Waals surface area contributed by atoms with Crippen LogP contribution in [-0.4, -0.2) is 47.3 Å². The van der Waals surface area contributed by atoms with Gasteiger partial charge in [-0.15, -0.1) is 0 Å². The van der Waals surface area contributed by atoms with Gasteiger partial charge < -0.3 is 20.5 Å². The minimum atomic E-state index is -1.06. The van der Waals surface area contributed by atoms with Gasteiger partial charge in [0.15, 0.2) is 0 Å². The lowest BCUT2D eigenvalue weighted by molar-refractivity contribution is -0.133. The summed E-state index contributed by atoms with van der Waals surface area (Å²) in [5.41, 5.74) is 5.36. The topological polar surface area (TPSA) is 92.9 Å². The number of aliphatic hydroxyl groups is 1. The van der Waals surface area contributed by atoms with E-state index >= 15 is 0 Å². The summed E-state index contributed by atoms with van der Waals surface area (Å²) >= 11 is 0. The Hall–Kier alpha value is -1.14. The number of nitrogens with zero attached hydrogens (tertiary/aromatic N) is 1. The van der Waals surface area contributed by atoms with Crippen LogP contribution in [0.5, 0.6) is 0 Å². The van der Waals surface area contributed by atoms with E-state index in [-0.39, 0.29) is 12.3 Å². The summed E-state index contributed by atoms with van der Waals surface area (Å²) in [6.45, 7) is 2.48. The van der Waals surface area contributed by atoms with Crippen LogP contribution in [0.4, 0.5) is 0 Å². The molecule has 0 bridgehead atoms. The molecule has 0 aliphatic carbocycles. The predicted octanol–water partition coefficient (Wildman–Crippen LogP) is -1.18. The molecule has 6 nitrogen and oxygen atoms in total. The van der Waals surface area contributed by atoms with Crippen LogP contribution in [0.1, 0.15) is 19.8 Å². The Morgan fingerprint density at radius 2 is 2.47 bits per heavy atom. The normalized spacial score (nSPS) is 25.1. The molecule has 15 heavy (non-hydrogen) atoms. The van der Waals surface area contributed by atoms with Crippen LogP contribution in [0.25, 0.3) is 0 Å². The number of aliphatic hydroxyl groups excluding tert-OH is 1. The molecule has 0 saturated carbocycles. The lowest BCUT2D eigenvalue weighted by Gasteiger charge is -2.28. The molecule has 0 radical (unpaired) electrons. The molecule has 0 unspecified atom stereocenters. The van der Waals surface area contributed by atoms with Crippen molar-refractivity contribution in [3.8, 4) is 0 Å². The highest BCUT2D eigenvalue weighted by molar-refractivity contribution is 5.79. The van der Waals surface area contributed by atoms with Gasteiger partial charge in [-0.1, -0.05) is 6.92 Å². The number of hydrogen-bond acceptors (Lipinski definition) is 5. The lowest BCUT2D eigenvalue weighted by atomic mass is 10.2. The van der Waals surface area contributed by atoms with Gasteiger partial charge in [0, 0.05) is 0 Å². The van der Waals surface area contributed by atoms with Crippen molar-refractivity contribution in [2.24, 2.45) is 5.73 Å². The number of carbonyl (C=O) groups excluding carboxylic acids is 2. The van der Waals surface area contributed by atoms with Crippen LogP contribution in [0.3, 0.4) is 0 Å². The number of nitrogens with two attached hydrogens (primary N) is 1. The van der Waals surface area contributed by atoms with Crippen LogP contribution >= 0.6 is 0 Å². The van der Waals surface area contributed by atoms with Crippen molar-refractivity contribution in [2.45, 2.75) is 38.1 Å². The Labute approximate surface area is 88.0 Å². The average molecular weight is 216 g/mol. The second kappa shape index (κ2) is 5.09. The summed E-state index contributed by atoms with van der Waals surface area (Å²) in [6.07, 6.45) is -0.740. The fourth-order valence-corrected chi connectivity index (χ4v) is 1.83. The zero-order chi connectivity index (χ0) is 11.4. The Morgan fingerprint density at radius 3 is 2.93 bits per heavy atom. The van der Waals surface area contributed by atoms with E-state index in [1.165, 1.54) is 4.90 Å². The van der Waals surface area contributed by atoms with Crippen molar-refractivity contribution in [1.82, 2.24) is 4.90 Å². The molecule has 1 heterocycles. The van der Waals surface area contributed by atoms with E-state index in [0.717, 1.165) is 0 Å². The first-order valence-electron chi connectivity index (χ1n) is 4.92. The SMILES string of the molecule is CC[C@@H]([C@@H](N)O)N1C[C@H](OC=O)CC1=O. The first-order valence-corrected chi connectivity index (χ1v) is 4.92. The number of ether oxygens (including phenoxy) is 1. The Balaban J connectivity index is 2.62. The van der Waals surface area contributed by atoms with E-state index in [0.29, 0.717) is 19.4 Å². The molecule has 3 N–H and O–H groups in total. The van der Waals surface area contributed by atoms with Gasteiger partial charge in [-0.2, -0.15) is 0 Å². The quantitative estimate of drug-likeness (QED) is 0.445. The van der Waals surface area contributed by atoms with Crippen molar-refractivity contribution in [2.75, 3.05) is 6.54 Å². The summed E-state index contributed by atoms with van der Waals surface area (Å²) < 4.78 is 4.71. The summed E-state index contributed by atoms with van der Waals surface area (Å²) in [6, 6.07) is -0.405. The second-order valence-corrected chi connectivity index (χ2v) is 3.57. The number of likely N-dealkylation sites (tertiary alicyclic amines) is 1. The summed E-state index contributed by atoms with van der Waals surface area (Å²) in [5, 5.41) is 9.28. The summed E-state index contributed by atoms with van der Waals surface area (Å²) in [7, 11) is 0. The molecule has 1 fully saturated rings. The first-order chi connectivity index (χ1) is 7.10. The van der Waals surface area contributed by atoms with Gasteiger partial charge in [-0.25, -0.2) is 0 Å². The number of hydrogen-bond donors (Lipinski definition) is 2. The molecule has 6 heteroatoms. The Bertz CT molecular complexity index is 244. The van der Waals surface area contributed by atoms with Crippen LogP contribution < -0.4 is 5.73 Å². The number of carbonyl (C=O) groups is 2. The lowest BCUT2D eigenvalue weighted by Crippen LogP contribution is -2.48. The van der Waals surface area contributed by atoms with Crippen LogP contribution in [0.15, 0.2) is 0 Å². The smallest absolute Gasteiger partial charge is 0.293 e. The summed E-state index contributed by atoms with van der Waals surface area (Å²) in [5.74, 6) is -0.141. The fraction of sp³-hybridized carbons (Fsp3) is 0.778. The highest BCUT2D eigenvalue weighted by atomic mass is 16.5. The summed E-state index contributed by atoms with van der Waals surface area (Å²) in [4.78, 5) is 23.1. The van der Waals surface area contributed by atoms with Crippen molar-refractivity contribution in [3.63, 3.8) is 0 Å². The molecule has 0 aromatic heterocycles. The van der Waals surface area contributed by atoms with E-state index in [2.05, 4.69) is 0 Å². The van der Waals surface area contributed by atoms with E-state index < -0.39 is 18.4 Å². The van der Waals surface area contributed by atoms with Gasteiger partial charge in [0.05, 0.1) is 19.0 Å². The van der Waals surface area contributed by atoms with Crippen LogP contribution in [0.2, 0.25) is 0 Å². The zero-order valence-corrected chi connectivity index (χ0v) is 8.63. The number of rotatable bonds is 5. The van der Waals surface area contributed by atoms with Crippen molar-refractivity contribution < 1.29 is 19.4 Å². The maximum atomic E-state index is 11.5. The first kappa shape index (κ1) is 11.9. The van der Waals surface area contributed by atoms with Gasteiger partial charge in [0.2, 0.25) is 5.91 Å². The van der Waals surface area contributed by atoms with E-state index in [4.69, 9.17) is 10.5 Å². The van der Waals surface area contributed by atoms with Crippen molar-refractivity contribution in [1.29, 1.82) is 0 Å². The van der Waals surface area contributed by atoms with Crippen LogP contribution in [0, 0.1) is 0 Å². The molecule has 0 aromatic rings. The third-order valence-corrected chi connectivity index (χ3v) is 2.58. The minimum Gasteiger partial charge on any atom is -0.462 e. The van der Waals surface area contributed by atoms with Gasteiger partial charge in [0.25, 0.3) is 6.47 Å². The molecule has 1 amide bonds. The van der Waals surface area contributed by atoms with Crippen molar-refractivity contribution in [3.05, 3.63) is 0 Å². The van der Waals surface area contributed by atoms with E-state index in [1.807, 2.05) is 6.92 Å². The van der Waals surface area contributed by atoms with Crippen molar-refractivity contribution >= 4 is 12.4 Å². The molecular formula is C9H16N2O4. The molecule has 0 spiro atoms. The van der Waals surface area contributed by atoms with Gasteiger partial charge in [-0.3, -0.25) is 9.59 Å². The van der Waals surface area contributed by atoms with Gasteiger partial charge in [-0.05, 0) is 6.42 Å². The van der Waals surface area contributed by atoms with Gasteiger partial charge >= 0.3 is 0 Å². The second-order valence-electron chi connectivity index (χ2n) is 3.57. The largest absolute Gasteiger partial charge is 0.462 e. The Kier molecular flexibility index (Phi) is 4.05.